The molecule has 0 aromatic carbocycles. The number of hydrogen-bond acceptors (Lipinski definition) is 3. The zero-order valence-electron chi connectivity index (χ0n) is 20.8. The van der Waals surface area contributed by atoms with Crippen LogP contribution < -0.4 is 0 Å². The molecule has 0 spiro atoms. The number of carbonyl (C=O) groups excluding carboxylic acids is 2. The molecule has 0 aliphatic heterocycles. The van der Waals surface area contributed by atoms with Gasteiger partial charge in [-0.1, -0.05) is 46.6 Å². The molecule has 3 heteroatoms. The molecule has 3 nitrogen and oxygen atoms in total. The molecular formula is C28H44O3. The maximum atomic E-state index is 12.4. The van der Waals surface area contributed by atoms with Crippen molar-refractivity contribution >= 4 is 11.8 Å². The number of ketones is 1. The summed E-state index contributed by atoms with van der Waals surface area (Å²) in [7, 11) is 0. The normalized spacial score (nSPS) is 20.2. The maximum absolute atomic E-state index is 12.4. The van der Waals surface area contributed by atoms with Crippen molar-refractivity contribution in [2.75, 3.05) is 6.61 Å². The fourth-order valence-corrected chi connectivity index (χ4v) is 4.05. The minimum atomic E-state index is -0.932. The first kappa shape index (κ1) is 27.1. The van der Waals surface area contributed by atoms with Crippen LogP contribution in [0.1, 0.15) is 106 Å². The minimum absolute atomic E-state index is 0.0509. The Kier molecular flexibility index (Phi) is 12.4. The largest absolute Gasteiger partial charge is 0.465 e. The number of ether oxygens (including phenoxy) is 1. The maximum Gasteiger partial charge on any atom is 0.319 e. The van der Waals surface area contributed by atoms with E-state index in [0.717, 1.165) is 44.9 Å². The molecule has 0 aromatic rings. The van der Waals surface area contributed by atoms with Crippen LogP contribution >= 0.6 is 0 Å². The van der Waals surface area contributed by atoms with Crippen LogP contribution in [0.15, 0.2) is 46.6 Å². The van der Waals surface area contributed by atoms with Crippen LogP contribution in [0.2, 0.25) is 0 Å². The molecule has 1 rings (SSSR count). The molecule has 1 aliphatic rings. The zero-order chi connectivity index (χ0) is 23.3. The highest BCUT2D eigenvalue weighted by Crippen LogP contribution is 2.40. The molecular weight excluding hydrogens is 384 g/mol. The highest BCUT2D eigenvalue weighted by atomic mass is 16.5. The zero-order valence-corrected chi connectivity index (χ0v) is 20.8. The summed E-state index contributed by atoms with van der Waals surface area (Å²) in [5, 5.41) is 0. The molecule has 0 aromatic heterocycles. The van der Waals surface area contributed by atoms with E-state index in [9.17, 15) is 9.59 Å². The summed E-state index contributed by atoms with van der Waals surface area (Å²) in [4.78, 5) is 24.9. The summed E-state index contributed by atoms with van der Waals surface area (Å²) in [6.45, 7) is 12.9. The Balaban J connectivity index is 2.46. The fourth-order valence-electron chi connectivity index (χ4n) is 4.05. The smallest absolute Gasteiger partial charge is 0.319 e. The van der Waals surface area contributed by atoms with E-state index in [2.05, 4.69) is 58.9 Å². The van der Waals surface area contributed by atoms with Gasteiger partial charge in [0.2, 0.25) is 0 Å². The molecule has 0 heterocycles. The summed E-state index contributed by atoms with van der Waals surface area (Å²) in [5.41, 5.74) is 4.60. The van der Waals surface area contributed by atoms with Gasteiger partial charge in [0.05, 0.1) is 6.61 Å². The third-order valence-corrected chi connectivity index (χ3v) is 6.16. The molecule has 0 N–H and O–H groups in total. The van der Waals surface area contributed by atoms with Crippen molar-refractivity contribution in [1.29, 1.82) is 0 Å². The van der Waals surface area contributed by atoms with E-state index in [4.69, 9.17) is 4.74 Å². The third kappa shape index (κ3) is 9.84. The lowest BCUT2D eigenvalue weighted by atomic mass is 9.81. The number of hydrogen-bond donors (Lipinski definition) is 0. The van der Waals surface area contributed by atoms with Gasteiger partial charge in [0, 0.05) is 6.42 Å². The Hall–Kier alpha value is -1.90. The number of carbonyl (C=O) groups is 2. The van der Waals surface area contributed by atoms with Gasteiger partial charge in [-0.3, -0.25) is 9.59 Å². The van der Waals surface area contributed by atoms with Crippen LogP contribution in [0.3, 0.4) is 0 Å². The topological polar surface area (TPSA) is 43.4 Å². The molecule has 1 unspecified atom stereocenters. The van der Waals surface area contributed by atoms with Gasteiger partial charge in [-0.05, 0) is 99.3 Å². The lowest BCUT2D eigenvalue weighted by Gasteiger charge is -2.23. The van der Waals surface area contributed by atoms with Crippen molar-refractivity contribution in [3.8, 4) is 0 Å². The van der Waals surface area contributed by atoms with Gasteiger partial charge in [0.25, 0.3) is 0 Å². The minimum Gasteiger partial charge on any atom is -0.465 e. The van der Waals surface area contributed by atoms with E-state index in [1.54, 1.807) is 6.92 Å². The molecule has 1 saturated carbocycles. The second-order valence-corrected chi connectivity index (χ2v) is 9.33. The first-order chi connectivity index (χ1) is 14.7. The van der Waals surface area contributed by atoms with E-state index >= 15 is 0 Å². The van der Waals surface area contributed by atoms with Crippen LogP contribution in [-0.2, 0) is 14.3 Å². The van der Waals surface area contributed by atoms with Crippen LogP contribution in [-0.4, -0.2) is 18.4 Å². The third-order valence-electron chi connectivity index (χ3n) is 6.16. The molecule has 1 atom stereocenters. The summed E-state index contributed by atoms with van der Waals surface area (Å²) in [6, 6.07) is 0. The molecule has 31 heavy (non-hydrogen) atoms. The van der Waals surface area contributed by atoms with Gasteiger partial charge in [0.1, 0.15) is 5.41 Å². The van der Waals surface area contributed by atoms with Gasteiger partial charge in [-0.2, -0.15) is 0 Å². The predicted molar refractivity (Wildman–Crippen MR) is 131 cm³/mol. The van der Waals surface area contributed by atoms with Gasteiger partial charge >= 0.3 is 5.97 Å². The van der Waals surface area contributed by atoms with Crippen molar-refractivity contribution < 1.29 is 14.3 Å². The standard InChI is InChI=1S/C28H44O3/c1-7-31-27(30)28(20-11-18-26(28)29)21-19-25(6)17-10-16-24(5)15-9-14-23(4)13-8-12-22(2)3/h12,14,16,19H,7-11,13,15,17-18,20-21H2,1-6H3/b23-14+,24-16+,25-19+. The van der Waals surface area contributed by atoms with Crippen LogP contribution in [0.25, 0.3) is 0 Å². The quantitative estimate of drug-likeness (QED) is 0.170. The summed E-state index contributed by atoms with van der Waals surface area (Å²) < 4.78 is 5.22. The molecule has 0 radical (unpaired) electrons. The number of allylic oxidation sites excluding steroid dienone is 8. The SMILES string of the molecule is CCOC(=O)C1(C/C=C(\C)CC/C=C(\C)CC/C=C(\C)CCC=C(C)C)CCCC1=O. The number of Topliss-reactive ketones (excluding diaryl/α,β-unsaturated/α-hetero) is 1. The summed E-state index contributed by atoms with van der Waals surface area (Å²) in [5.74, 6) is -0.281. The van der Waals surface area contributed by atoms with Gasteiger partial charge in [-0.25, -0.2) is 0 Å². The van der Waals surface area contributed by atoms with E-state index in [0.29, 0.717) is 25.9 Å². The highest BCUT2D eigenvalue weighted by Gasteiger charge is 2.48. The Bertz CT molecular complexity index is 717. The average Bonchev–Trinajstić information content (AvgIpc) is 3.08. The predicted octanol–water partition coefficient (Wildman–Crippen LogP) is 7.82. The van der Waals surface area contributed by atoms with Crippen molar-refractivity contribution in [2.45, 2.75) is 106 Å². The van der Waals surface area contributed by atoms with Crippen LogP contribution in [0.5, 0.6) is 0 Å². The Morgan fingerprint density at radius 1 is 0.871 bits per heavy atom. The van der Waals surface area contributed by atoms with Crippen LogP contribution in [0, 0.1) is 5.41 Å². The summed E-state index contributed by atoms with van der Waals surface area (Å²) >= 11 is 0. The van der Waals surface area contributed by atoms with Gasteiger partial charge < -0.3 is 4.74 Å². The first-order valence-corrected chi connectivity index (χ1v) is 12.0. The highest BCUT2D eigenvalue weighted by molar-refractivity contribution is 6.05. The second-order valence-electron chi connectivity index (χ2n) is 9.33. The van der Waals surface area contributed by atoms with Crippen molar-refractivity contribution in [3.05, 3.63) is 46.6 Å². The van der Waals surface area contributed by atoms with Crippen LogP contribution in [0.4, 0.5) is 0 Å². The van der Waals surface area contributed by atoms with E-state index < -0.39 is 5.41 Å². The number of esters is 1. The van der Waals surface area contributed by atoms with Crippen molar-refractivity contribution in [2.24, 2.45) is 5.41 Å². The monoisotopic (exact) mass is 428 g/mol. The molecule has 0 bridgehead atoms. The first-order valence-electron chi connectivity index (χ1n) is 12.0. The average molecular weight is 429 g/mol. The lowest BCUT2D eigenvalue weighted by Crippen LogP contribution is -2.36. The van der Waals surface area contributed by atoms with Gasteiger partial charge in [-0.15, -0.1) is 0 Å². The van der Waals surface area contributed by atoms with E-state index in [1.807, 2.05) is 0 Å². The van der Waals surface area contributed by atoms with Crippen molar-refractivity contribution in [1.82, 2.24) is 0 Å². The Morgan fingerprint density at radius 3 is 1.84 bits per heavy atom. The molecule has 174 valence electrons. The molecule has 0 saturated heterocycles. The van der Waals surface area contributed by atoms with Gasteiger partial charge in [0.15, 0.2) is 5.78 Å². The molecule has 0 amide bonds. The van der Waals surface area contributed by atoms with Crippen molar-refractivity contribution in [3.63, 3.8) is 0 Å². The summed E-state index contributed by atoms with van der Waals surface area (Å²) in [6.07, 6.45) is 17.9. The lowest BCUT2D eigenvalue weighted by molar-refractivity contribution is -0.158. The van der Waals surface area contributed by atoms with E-state index in [-0.39, 0.29) is 11.8 Å². The van der Waals surface area contributed by atoms with E-state index in [1.165, 1.54) is 22.3 Å². The molecule has 1 aliphatic carbocycles. The number of rotatable bonds is 13. The Labute approximate surface area is 190 Å². The second kappa shape index (κ2) is 14.2. The Morgan fingerprint density at radius 2 is 1.39 bits per heavy atom. The molecule has 1 fully saturated rings. The fraction of sp³-hybridized carbons (Fsp3) is 0.643.